The maximum absolute atomic E-state index is 9.55. The van der Waals surface area contributed by atoms with E-state index < -0.39 is 11.9 Å². The maximum atomic E-state index is 9.55. The standard InChI is InChI=1S/C15H16N2O.C4H4O4.H3N/c1-3-9-17-10-7-11-4-5-13-12(14(11)17)6-8-16-15(13)18-2;5-3(6)1-2-4(7)8;/h4-8,10H,3,9H2,1-2H3;1-2H,(H,5,6)(H,7,8);1H3. The minimum absolute atomic E-state index is 0. The fraction of sp³-hybridized carbons (Fsp3) is 0.211. The van der Waals surface area contributed by atoms with Crippen LogP contribution in [0.3, 0.4) is 0 Å². The third-order valence-corrected chi connectivity index (χ3v) is 3.66. The number of nitrogens with zero attached hydrogens (tertiary/aromatic N) is 2. The first kappa shape index (κ1) is 21.7. The number of methoxy groups -OCH3 is 1. The van der Waals surface area contributed by atoms with E-state index >= 15 is 0 Å². The first-order valence-electron chi connectivity index (χ1n) is 8.02. The number of aliphatic carboxylic acids is 2. The van der Waals surface area contributed by atoms with Gasteiger partial charge in [-0.25, -0.2) is 14.6 Å². The van der Waals surface area contributed by atoms with E-state index in [1.54, 1.807) is 7.11 Å². The number of pyridine rings is 1. The van der Waals surface area contributed by atoms with Gasteiger partial charge in [-0.15, -0.1) is 0 Å². The lowest BCUT2D eigenvalue weighted by Gasteiger charge is -2.08. The molecule has 0 saturated heterocycles. The molecule has 3 aromatic rings. The highest BCUT2D eigenvalue weighted by Crippen LogP contribution is 2.30. The van der Waals surface area contributed by atoms with Gasteiger partial charge in [0.1, 0.15) is 0 Å². The van der Waals surface area contributed by atoms with Gasteiger partial charge in [0.05, 0.1) is 12.6 Å². The van der Waals surface area contributed by atoms with Gasteiger partial charge in [-0.1, -0.05) is 13.0 Å². The van der Waals surface area contributed by atoms with Crippen molar-refractivity contribution in [3.8, 4) is 5.88 Å². The Morgan fingerprint density at radius 3 is 2.33 bits per heavy atom. The minimum atomic E-state index is -1.26. The van der Waals surface area contributed by atoms with Crippen molar-refractivity contribution < 1.29 is 24.5 Å². The minimum Gasteiger partial charge on any atom is -0.481 e. The van der Waals surface area contributed by atoms with E-state index in [1.165, 1.54) is 16.3 Å². The Kier molecular flexibility index (Phi) is 7.96. The van der Waals surface area contributed by atoms with Crippen LogP contribution in [0.2, 0.25) is 0 Å². The van der Waals surface area contributed by atoms with Gasteiger partial charge in [0.25, 0.3) is 0 Å². The van der Waals surface area contributed by atoms with Crippen molar-refractivity contribution >= 4 is 33.6 Å². The van der Waals surface area contributed by atoms with Crippen molar-refractivity contribution in [1.82, 2.24) is 15.7 Å². The highest BCUT2D eigenvalue weighted by molar-refractivity contribution is 6.07. The summed E-state index contributed by atoms with van der Waals surface area (Å²) in [5, 5.41) is 19.2. The molecule has 144 valence electrons. The number of carboxylic acid groups (broad SMARTS) is 2. The number of carboxylic acids is 2. The molecule has 0 saturated carbocycles. The number of aromatic nitrogens is 2. The van der Waals surface area contributed by atoms with Crippen LogP contribution < -0.4 is 10.9 Å². The highest BCUT2D eigenvalue weighted by Gasteiger charge is 2.09. The van der Waals surface area contributed by atoms with Gasteiger partial charge in [0.2, 0.25) is 5.88 Å². The van der Waals surface area contributed by atoms with Crippen molar-refractivity contribution in [2.75, 3.05) is 7.11 Å². The molecule has 0 amide bonds. The summed E-state index contributed by atoms with van der Waals surface area (Å²) in [5.41, 5.74) is 1.27. The van der Waals surface area contributed by atoms with Gasteiger partial charge < -0.3 is 25.7 Å². The SMILES string of the molecule is CCCn1ccc2ccc3c(OC)nccc3c21.N.O=C(O)C=CC(=O)O. The van der Waals surface area contributed by atoms with Crippen molar-refractivity contribution in [3.63, 3.8) is 0 Å². The number of hydrogen-bond donors (Lipinski definition) is 3. The summed E-state index contributed by atoms with van der Waals surface area (Å²) in [6.45, 7) is 3.23. The van der Waals surface area contributed by atoms with Gasteiger partial charge in [-0.3, -0.25) is 0 Å². The predicted molar refractivity (Wildman–Crippen MR) is 104 cm³/mol. The summed E-state index contributed by atoms with van der Waals surface area (Å²) in [6, 6.07) is 8.44. The van der Waals surface area contributed by atoms with Gasteiger partial charge in [0.15, 0.2) is 0 Å². The van der Waals surface area contributed by atoms with Crippen molar-refractivity contribution in [2.24, 2.45) is 0 Å². The number of fused-ring (bicyclic) bond motifs is 3. The lowest BCUT2D eigenvalue weighted by atomic mass is 10.1. The average Bonchev–Trinajstić information content (AvgIpc) is 3.04. The topological polar surface area (TPSA) is 137 Å². The van der Waals surface area contributed by atoms with Crippen LogP contribution in [0.15, 0.2) is 48.8 Å². The first-order valence-corrected chi connectivity index (χ1v) is 8.02. The second-order valence-corrected chi connectivity index (χ2v) is 5.44. The number of rotatable bonds is 5. The molecule has 0 bridgehead atoms. The average molecular weight is 373 g/mol. The summed E-state index contributed by atoms with van der Waals surface area (Å²) in [4.78, 5) is 23.4. The van der Waals surface area contributed by atoms with Crippen LogP contribution in [0.5, 0.6) is 5.88 Å². The first-order chi connectivity index (χ1) is 12.5. The molecule has 0 fully saturated rings. The molecule has 8 heteroatoms. The molecule has 2 heterocycles. The Labute approximate surface area is 156 Å². The molecule has 8 nitrogen and oxygen atoms in total. The molecule has 2 aromatic heterocycles. The molecule has 0 atom stereocenters. The van der Waals surface area contributed by atoms with Crippen molar-refractivity contribution in [1.29, 1.82) is 0 Å². The Bertz CT molecular complexity index is 947. The molecule has 1 aromatic carbocycles. The number of aryl methyl sites for hydroxylation is 1. The normalized spacial score (nSPS) is 10.3. The zero-order valence-corrected chi connectivity index (χ0v) is 15.3. The van der Waals surface area contributed by atoms with Gasteiger partial charge in [-0.05, 0) is 24.6 Å². The lowest BCUT2D eigenvalue weighted by molar-refractivity contribution is -0.134. The smallest absolute Gasteiger partial charge is 0.328 e. The van der Waals surface area contributed by atoms with E-state index in [9.17, 15) is 9.59 Å². The van der Waals surface area contributed by atoms with Gasteiger partial charge in [0, 0.05) is 47.2 Å². The Hall–Kier alpha value is -3.39. The Morgan fingerprint density at radius 2 is 1.78 bits per heavy atom. The molecule has 3 rings (SSSR count). The number of carbonyl (C=O) groups is 2. The summed E-state index contributed by atoms with van der Waals surface area (Å²) in [7, 11) is 1.66. The number of ether oxygens (including phenoxy) is 1. The fourth-order valence-electron chi connectivity index (χ4n) is 2.66. The van der Waals surface area contributed by atoms with E-state index in [0.717, 1.165) is 18.4 Å². The molecule has 0 spiro atoms. The zero-order chi connectivity index (χ0) is 19.1. The number of benzene rings is 1. The largest absolute Gasteiger partial charge is 0.481 e. The third kappa shape index (κ3) is 5.29. The van der Waals surface area contributed by atoms with Crippen LogP contribution in [0.1, 0.15) is 13.3 Å². The van der Waals surface area contributed by atoms with E-state index in [-0.39, 0.29) is 6.15 Å². The second kappa shape index (κ2) is 9.93. The molecule has 0 aliphatic rings. The van der Waals surface area contributed by atoms with Crippen LogP contribution in [-0.4, -0.2) is 38.8 Å². The highest BCUT2D eigenvalue weighted by atomic mass is 16.5. The van der Waals surface area contributed by atoms with Crippen LogP contribution in [0.4, 0.5) is 0 Å². The molecule has 0 radical (unpaired) electrons. The third-order valence-electron chi connectivity index (χ3n) is 3.66. The molecular weight excluding hydrogens is 350 g/mol. The van der Waals surface area contributed by atoms with E-state index in [1.807, 2.05) is 6.20 Å². The summed E-state index contributed by atoms with van der Waals surface area (Å²) >= 11 is 0. The summed E-state index contributed by atoms with van der Waals surface area (Å²) < 4.78 is 7.64. The predicted octanol–water partition coefficient (Wildman–Crippen LogP) is 3.48. The lowest BCUT2D eigenvalue weighted by Crippen LogP contribution is -1.95. The zero-order valence-electron chi connectivity index (χ0n) is 15.3. The fourth-order valence-corrected chi connectivity index (χ4v) is 2.66. The maximum Gasteiger partial charge on any atom is 0.328 e. The van der Waals surface area contributed by atoms with E-state index in [2.05, 4.69) is 46.9 Å². The molecular formula is C19H23N3O5. The van der Waals surface area contributed by atoms with Crippen molar-refractivity contribution in [3.05, 3.63) is 48.8 Å². The molecule has 0 unspecified atom stereocenters. The Morgan fingerprint density at radius 1 is 1.11 bits per heavy atom. The second-order valence-electron chi connectivity index (χ2n) is 5.44. The molecule has 27 heavy (non-hydrogen) atoms. The monoisotopic (exact) mass is 373 g/mol. The van der Waals surface area contributed by atoms with Crippen LogP contribution in [0.25, 0.3) is 21.7 Å². The van der Waals surface area contributed by atoms with Crippen LogP contribution in [0, 0.1) is 0 Å². The molecule has 0 aliphatic carbocycles. The van der Waals surface area contributed by atoms with E-state index in [4.69, 9.17) is 14.9 Å². The Balaban J connectivity index is 0.000000350. The summed E-state index contributed by atoms with van der Waals surface area (Å²) in [5.74, 6) is -1.82. The van der Waals surface area contributed by atoms with Crippen LogP contribution in [-0.2, 0) is 16.1 Å². The van der Waals surface area contributed by atoms with Gasteiger partial charge in [-0.2, -0.15) is 0 Å². The van der Waals surface area contributed by atoms with E-state index in [0.29, 0.717) is 18.0 Å². The molecule has 0 aliphatic heterocycles. The quantitative estimate of drug-likeness (QED) is 0.582. The number of hydrogen-bond acceptors (Lipinski definition) is 5. The van der Waals surface area contributed by atoms with Crippen LogP contribution >= 0.6 is 0 Å². The summed E-state index contributed by atoms with van der Waals surface area (Å²) in [6.07, 6.45) is 6.21. The van der Waals surface area contributed by atoms with Crippen molar-refractivity contribution in [2.45, 2.75) is 19.9 Å². The van der Waals surface area contributed by atoms with Gasteiger partial charge >= 0.3 is 11.9 Å². The molecule has 5 N–H and O–H groups in total.